The van der Waals surface area contributed by atoms with Gasteiger partial charge in [0.2, 0.25) is 0 Å². The van der Waals surface area contributed by atoms with Gasteiger partial charge in [-0.25, -0.2) is 4.79 Å². The van der Waals surface area contributed by atoms with E-state index in [1.807, 2.05) is 24.3 Å². The summed E-state index contributed by atoms with van der Waals surface area (Å²) in [5.41, 5.74) is 2.15. The number of hydrogen-bond acceptors (Lipinski definition) is 3. The van der Waals surface area contributed by atoms with E-state index in [9.17, 15) is 18.0 Å². The molecule has 2 aromatic carbocycles. The molecule has 4 rings (SSSR count). The van der Waals surface area contributed by atoms with Crippen molar-refractivity contribution in [3.05, 3.63) is 54.7 Å². The number of aromatic nitrogens is 1. The average Bonchev–Trinajstić information content (AvgIpc) is 3.33. The van der Waals surface area contributed by atoms with Gasteiger partial charge in [0.25, 0.3) is 0 Å². The molecular weight excluding hydrogens is 397 g/mol. The number of nitrogens with zero attached hydrogens (tertiary/aromatic N) is 1. The van der Waals surface area contributed by atoms with Crippen molar-refractivity contribution in [1.29, 1.82) is 0 Å². The summed E-state index contributed by atoms with van der Waals surface area (Å²) in [5.74, 6) is -0.284. The van der Waals surface area contributed by atoms with Crippen LogP contribution in [0.25, 0.3) is 10.9 Å². The van der Waals surface area contributed by atoms with Gasteiger partial charge in [-0.2, -0.15) is 0 Å². The summed E-state index contributed by atoms with van der Waals surface area (Å²) in [6, 6.07) is 13.1. The van der Waals surface area contributed by atoms with E-state index in [1.165, 1.54) is 18.2 Å². The zero-order chi connectivity index (χ0) is 21.1. The van der Waals surface area contributed by atoms with Crippen LogP contribution in [-0.4, -0.2) is 41.4 Å². The Hall–Kier alpha value is -3.36. The first-order valence-corrected chi connectivity index (χ1v) is 9.62. The zero-order valence-electron chi connectivity index (χ0n) is 16.0. The monoisotopic (exact) mass is 418 g/mol. The molecular formula is C21H21F3N4O2. The fourth-order valence-corrected chi connectivity index (χ4v) is 3.72. The maximum Gasteiger partial charge on any atom is 0.573 e. The number of carbonyl (C=O) groups excluding carboxylic acids is 1. The fourth-order valence-electron chi connectivity index (χ4n) is 3.72. The van der Waals surface area contributed by atoms with Crippen molar-refractivity contribution in [3.8, 4) is 5.75 Å². The predicted molar refractivity (Wildman–Crippen MR) is 109 cm³/mol. The molecule has 0 unspecified atom stereocenters. The molecule has 9 heteroatoms. The number of aromatic amines is 1. The van der Waals surface area contributed by atoms with E-state index in [-0.39, 0.29) is 17.8 Å². The van der Waals surface area contributed by atoms with E-state index in [2.05, 4.69) is 20.4 Å². The van der Waals surface area contributed by atoms with Crippen LogP contribution >= 0.6 is 0 Å². The zero-order valence-corrected chi connectivity index (χ0v) is 16.0. The molecule has 2 amide bonds. The maximum atomic E-state index is 12.8. The standard InChI is InChI=1S/C21H21F3N4O2/c22-21(23,24)30-16-7-3-5-14(11-16)25-12-15-6-4-10-28(15)20(29)27-19-13-26-18-9-2-1-8-17(18)19/h1-3,5,7-9,11,13,15,25-26H,4,6,10,12H2,(H,27,29)/t15-/m0/s1. The van der Waals surface area contributed by atoms with Gasteiger partial charge in [0.05, 0.1) is 11.7 Å². The molecule has 0 aliphatic carbocycles. The minimum absolute atomic E-state index is 0.0672. The summed E-state index contributed by atoms with van der Waals surface area (Å²) in [4.78, 5) is 17.7. The molecule has 3 N–H and O–H groups in total. The minimum Gasteiger partial charge on any atom is -0.406 e. The molecule has 0 spiro atoms. The van der Waals surface area contributed by atoms with Gasteiger partial charge < -0.3 is 25.3 Å². The van der Waals surface area contributed by atoms with Crippen LogP contribution in [0.4, 0.5) is 29.3 Å². The summed E-state index contributed by atoms with van der Waals surface area (Å²) < 4.78 is 41.2. The Bertz CT molecular complexity index is 1030. The lowest BCUT2D eigenvalue weighted by Crippen LogP contribution is -2.42. The topological polar surface area (TPSA) is 69.4 Å². The number of urea groups is 1. The highest BCUT2D eigenvalue weighted by Crippen LogP contribution is 2.27. The van der Waals surface area contributed by atoms with Gasteiger partial charge in [0, 0.05) is 41.9 Å². The van der Waals surface area contributed by atoms with E-state index >= 15 is 0 Å². The number of ether oxygens (including phenoxy) is 1. The molecule has 2 heterocycles. The summed E-state index contributed by atoms with van der Waals surface area (Å²) in [6.07, 6.45) is -1.29. The van der Waals surface area contributed by atoms with Crippen molar-refractivity contribution in [2.75, 3.05) is 23.7 Å². The van der Waals surface area contributed by atoms with Gasteiger partial charge >= 0.3 is 12.4 Å². The van der Waals surface area contributed by atoms with Gasteiger partial charge in [-0.3, -0.25) is 0 Å². The lowest BCUT2D eigenvalue weighted by Gasteiger charge is -2.25. The molecule has 1 saturated heterocycles. The van der Waals surface area contributed by atoms with E-state index in [1.54, 1.807) is 17.2 Å². The van der Waals surface area contributed by atoms with Gasteiger partial charge in [-0.1, -0.05) is 24.3 Å². The average molecular weight is 418 g/mol. The number of nitrogens with one attached hydrogen (secondary N) is 3. The molecule has 1 fully saturated rings. The van der Waals surface area contributed by atoms with Crippen molar-refractivity contribution >= 4 is 28.3 Å². The molecule has 158 valence electrons. The molecule has 30 heavy (non-hydrogen) atoms. The van der Waals surface area contributed by atoms with Crippen LogP contribution in [0.2, 0.25) is 0 Å². The third kappa shape index (κ3) is 4.61. The molecule has 0 radical (unpaired) electrons. The smallest absolute Gasteiger partial charge is 0.406 e. The largest absolute Gasteiger partial charge is 0.573 e. The van der Waals surface area contributed by atoms with E-state index in [0.717, 1.165) is 23.7 Å². The molecule has 6 nitrogen and oxygen atoms in total. The first-order chi connectivity index (χ1) is 14.4. The van der Waals surface area contributed by atoms with Gasteiger partial charge in [-0.15, -0.1) is 13.2 Å². The number of para-hydroxylation sites is 1. The van der Waals surface area contributed by atoms with E-state index < -0.39 is 6.36 Å². The Morgan fingerprint density at radius 1 is 1.20 bits per heavy atom. The Labute approximate surface area is 171 Å². The second-order valence-electron chi connectivity index (χ2n) is 7.12. The number of carbonyl (C=O) groups is 1. The highest BCUT2D eigenvalue weighted by Gasteiger charge is 2.31. The predicted octanol–water partition coefficient (Wildman–Crippen LogP) is 5.17. The number of alkyl halides is 3. The molecule has 0 saturated carbocycles. The summed E-state index contributed by atoms with van der Waals surface area (Å²) in [6.45, 7) is 1.05. The minimum atomic E-state index is -4.73. The maximum absolute atomic E-state index is 12.8. The highest BCUT2D eigenvalue weighted by molar-refractivity contribution is 6.01. The van der Waals surface area contributed by atoms with Gasteiger partial charge in [0.1, 0.15) is 5.75 Å². The van der Waals surface area contributed by atoms with Crippen LogP contribution < -0.4 is 15.4 Å². The van der Waals surface area contributed by atoms with Gasteiger partial charge in [0.15, 0.2) is 0 Å². The number of benzene rings is 2. The van der Waals surface area contributed by atoms with Crippen LogP contribution in [0.15, 0.2) is 54.7 Å². The second kappa shape index (κ2) is 8.17. The van der Waals surface area contributed by atoms with Gasteiger partial charge in [-0.05, 0) is 31.0 Å². The third-order valence-corrected chi connectivity index (χ3v) is 5.08. The third-order valence-electron chi connectivity index (χ3n) is 5.08. The van der Waals surface area contributed by atoms with Crippen LogP contribution in [0.5, 0.6) is 5.75 Å². The number of halogens is 3. The fraction of sp³-hybridized carbons (Fsp3) is 0.286. The van der Waals surface area contributed by atoms with Crippen LogP contribution in [0, 0.1) is 0 Å². The van der Waals surface area contributed by atoms with Crippen molar-refractivity contribution in [1.82, 2.24) is 9.88 Å². The van der Waals surface area contributed by atoms with Crippen molar-refractivity contribution in [2.24, 2.45) is 0 Å². The van der Waals surface area contributed by atoms with Crippen LogP contribution in [0.1, 0.15) is 12.8 Å². The molecule has 0 bridgehead atoms. The molecule has 1 aliphatic heterocycles. The van der Waals surface area contributed by atoms with Crippen molar-refractivity contribution in [2.45, 2.75) is 25.2 Å². The summed E-state index contributed by atoms with van der Waals surface area (Å²) >= 11 is 0. The number of H-pyrrole nitrogens is 1. The molecule has 3 aromatic rings. The lowest BCUT2D eigenvalue weighted by molar-refractivity contribution is -0.274. The SMILES string of the molecule is O=C(Nc1c[nH]c2ccccc12)N1CCC[C@H]1CNc1cccc(OC(F)(F)F)c1. The first kappa shape index (κ1) is 19.9. The Balaban J connectivity index is 1.38. The summed E-state index contributed by atoms with van der Waals surface area (Å²) in [5, 5.41) is 7.00. The molecule has 1 aromatic heterocycles. The number of hydrogen-bond donors (Lipinski definition) is 3. The number of fused-ring (bicyclic) bond motifs is 1. The van der Waals surface area contributed by atoms with Crippen molar-refractivity contribution < 1.29 is 22.7 Å². The number of amides is 2. The first-order valence-electron chi connectivity index (χ1n) is 9.62. The number of likely N-dealkylation sites (tertiary alicyclic amines) is 1. The van der Waals surface area contributed by atoms with Crippen LogP contribution in [-0.2, 0) is 0 Å². The normalized spacial score (nSPS) is 16.6. The second-order valence-corrected chi connectivity index (χ2v) is 7.12. The Morgan fingerprint density at radius 2 is 2.03 bits per heavy atom. The number of anilines is 2. The molecule has 1 atom stereocenters. The quantitative estimate of drug-likeness (QED) is 0.535. The summed E-state index contributed by atoms with van der Waals surface area (Å²) in [7, 11) is 0. The number of rotatable bonds is 5. The van der Waals surface area contributed by atoms with Crippen LogP contribution in [0.3, 0.4) is 0 Å². The van der Waals surface area contributed by atoms with Crippen molar-refractivity contribution in [3.63, 3.8) is 0 Å². The Morgan fingerprint density at radius 3 is 2.87 bits per heavy atom. The lowest BCUT2D eigenvalue weighted by atomic mass is 10.2. The molecule has 1 aliphatic rings. The Kier molecular flexibility index (Phi) is 5.43. The van der Waals surface area contributed by atoms with E-state index in [0.29, 0.717) is 24.5 Å². The highest BCUT2D eigenvalue weighted by atomic mass is 19.4. The van der Waals surface area contributed by atoms with E-state index in [4.69, 9.17) is 0 Å².